The number of aromatic nitrogens is 1. The molecule has 2 heterocycles. The van der Waals surface area contributed by atoms with Crippen LogP contribution in [0.1, 0.15) is 61.9 Å². The number of carboxylic acids is 1. The van der Waals surface area contributed by atoms with Crippen LogP contribution < -0.4 is 10.6 Å². The molecule has 1 aliphatic heterocycles. The van der Waals surface area contributed by atoms with Gasteiger partial charge >= 0.3 is 5.97 Å². The molecule has 202 valence electrons. The van der Waals surface area contributed by atoms with Gasteiger partial charge in [-0.2, -0.15) is 0 Å². The van der Waals surface area contributed by atoms with Gasteiger partial charge in [-0.25, -0.2) is 4.79 Å². The van der Waals surface area contributed by atoms with Gasteiger partial charge in [-0.3, -0.25) is 14.6 Å². The summed E-state index contributed by atoms with van der Waals surface area (Å²) in [7, 11) is 0. The van der Waals surface area contributed by atoms with Crippen LogP contribution in [0.5, 0.6) is 0 Å². The van der Waals surface area contributed by atoms with Crippen molar-refractivity contribution in [1.82, 2.24) is 10.3 Å². The van der Waals surface area contributed by atoms with Crippen molar-refractivity contribution in [1.29, 1.82) is 0 Å². The SMILES string of the molecule is CCCC1=C(N[C@@](CC)(Cc2ccc(NC(=O)c3c(Cl)cncc3Cl)cc2)C(=O)O)C2(CCOCC2)C1=O. The number of Topliss-reactive ketones (excluding diaryl/α,β-unsaturated/α-hetero) is 1. The molecule has 1 aromatic heterocycles. The number of aliphatic carboxylic acids is 1. The molecule has 4 rings (SSSR count). The summed E-state index contributed by atoms with van der Waals surface area (Å²) in [6, 6.07) is 6.95. The number of pyridine rings is 1. The van der Waals surface area contributed by atoms with Crippen LogP contribution in [0.25, 0.3) is 0 Å². The van der Waals surface area contributed by atoms with Crippen LogP contribution in [0, 0.1) is 5.41 Å². The quantitative estimate of drug-likeness (QED) is 0.354. The number of carboxylic acid groups (broad SMARTS) is 1. The summed E-state index contributed by atoms with van der Waals surface area (Å²) < 4.78 is 5.51. The van der Waals surface area contributed by atoms with Gasteiger partial charge in [0.25, 0.3) is 5.91 Å². The van der Waals surface area contributed by atoms with Crippen molar-refractivity contribution in [3.8, 4) is 0 Å². The van der Waals surface area contributed by atoms with E-state index in [4.69, 9.17) is 27.9 Å². The Labute approximate surface area is 231 Å². The van der Waals surface area contributed by atoms with E-state index in [9.17, 15) is 19.5 Å². The second-order valence-corrected chi connectivity index (χ2v) is 10.6. The van der Waals surface area contributed by atoms with Crippen molar-refractivity contribution in [2.45, 2.75) is 57.9 Å². The van der Waals surface area contributed by atoms with Gasteiger partial charge < -0.3 is 20.5 Å². The summed E-state index contributed by atoms with van der Waals surface area (Å²) in [6.45, 7) is 4.79. The average Bonchev–Trinajstić information content (AvgIpc) is 2.91. The predicted octanol–water partition coefficient (Wildman–Crippen LogP) is 5.44. The van der Waals surface area contributed by atoms with E-state index in [0.29, 0.717) is 50.2 Å². The minimum absolute atomic E-state index is 0.120. The third-order valence-corrected chi connectivity index (χ3v) is 8.08. The summed E-state index contributed by atoms with van der Waals surface area (Å²) >= 11 is 12.2. The molecule has 0 radical (unpaired) electrons. The number of halogens is 2. The Bertz CT molecular complexity index is 1250. The summed E-state index contributed by atoms with van der Waals surface area (Å²) in [4.78, 5) is 42.4. The van der Waals surface area contributed by atoms with Gasteiger partial charge in [0.15, 0.2) is 5.78 Å². The summed E-state index contributed by atoms with van der Waals surface area (Å²) in [5.41, 5.74) is 0.897. The maximum Gasteiger partial charge on any atom is 0.329 e. The van der Waals surface area contributed by atoms with Crippen molar-refractivity contribution < 1.29 is 24.2 Å². The Kier molecular flexibility index (Phi) is 8.45. The van der Waals surface area contributed by atoms with Gasteiger partial charge in [0, 0.05) is 49.0 Å². The topological polar surface area (TPSA) is 118 Å². The van der Waals surface area contributed by atoms with E-state index in [-0.39, 0.29) is 27.8 Å². The molecule has 1 spiro atoms. The lowest BCUT2D eigenvalue weighted by Gasteiger charge is -2.49. The largest absolute Gasteiger partial charge is 0.479 e. The number of hydrogen-bond acceptors (Lipinski definition) is 6. The van der Waals surface area contributed by atoms with E-state index >= 15 is 0 Å². The number of carbonyl (C=O) groups excluding carboxylic acids is 2. The Morgan fingerprint density at radius 2 is 1.74 bits per heavy atom. The second kappa shape index (κ2) is 11.4. The molecule has 1 saturated heterocycles. The summed E-state index contributed by atoms with van der Waals surface area (Å²) in [6.07, 6.45) is 5.72. The molecule has 2 aliphatic rings. The van der Waals surface area contributed by atoms with Gasteiger partial charge in [-0.15, -0.1) is 0 Å². The number of benzene rings is 1. The first-order chi connectivity index (χ1) is 18.2. The van der Waals surface area contributed by atoms with Crippen molar-refractivity contribution in [3.05, 3.63) is 69.1 Å². The zero-order valence-corrected chi connectivity index (χ0v) is 22.9. The molecule has 1 aliphatic carbocycles. The zero-order chi connectivity index (χ0) is 27.5. The number of hydrogen-bond donors (Lipinski definition) is 3. The molecule has 1 fully saturated rings. The van der Waals surface area contributed by atoms with Crippen LogP contribution in [0.4, 0.5) is 5.69 Å². The van der Waals surface area contributed by atoms with Crippen molar-refractivity contribution in [2.24, 2.45) is 5.41 Å². The summed E-state index contributed by atoms with van der Waals surface area (Å²) in [5.74, 6) is -1.34. The Morgan fingerprint density at radius 1 is 1.11 bits per heavy atom. The lowest BCUT2D eigenvalue weighted by Crippen LogP contribution is -2.61. The number of ketones is 1. The minimum atomic E-state index is -1.30. The van der Waals surface area contributed by atoms with Crippen molar-refractivity contribution in [2.75, 3.05) is 18.5 Å². The normalized spacial score (nSPS) is 18.1. The van der Waals surface area contributed by atoms with Crippen LogP contribution in [-0.2, 0) is 20.7 Å². The maximum atomic E-state index is 13.2. The van der Waals surface area contributed by atoms with E-state index in [1.807, 2.05) is 13.8 Å². The number of anilines is 1. The fourth-order valence-corrected chi connectivity index (χ4v) is 5.81. The fourth-order valence-electron chi connectivity index (χ4n) is 5.28. The first-order valence-corrected chi connectivity index (χ1v) is 13.5. The molecule has 1 amide bonds. The van der Waals surface area contributed by atoms with Gasteiger partial charge in [0.1, 0.15) is 5.54 Å². The Hall–Kier alpha value is -2.94. The first kappa shape index (κ1) is 28.1. The van der Waals surface area contributed by atoms with Crippen LogP contribution >= 0.6 is 23.2 Å². The highest BCUT2D eigenvalue weighted by atomic mass is 35.5. The molecule has 10 heteroatoms. The number of rotatable bonds is 10. The van der Waals surface area contributed by atoms with Gasteiger partial charge in [-0.05, 0) is 43.4 Å². The molecular weight excluding hydrogens is 529 g/mol. The number of amides is 1. The zero-order valence-electron chi connectivity index (χ0n) is 21.4. The Balaban J connectivity index is 1.56. The van der Waals surface area contributed by atoms with Crippen LogP contribution in [0.2, 0.25) is 10.0 Å². The molecule has 3 N–H and O–H groups in total. The minimum Gasteiger partial charge on any atom is -0.479 e. The van der Waals surface area contributed by atoms with E-state index in [1.165, 1.54) is 12.4 Å². The molecule has 8 nitrogen and oxygen atoms in total. The van der Waals surface area contributed by atoms with Crippen LogP contribution in [0.3, 0.4) is 0 Å². The molecular formula is C28H31Cl2N3O5. The number of allylic oxidation sites excluding steroid dienone is 2. The summed E-state index contributed by atoms with van der Waals surface area (Å²) in [5, 5.41) is 16.8. The van der Waals surface area contributed by atoms with Crippen LogP contribution in [-0.4, -0.2) is 46.5 Å². The smallest absolute Gasteiger partial charge is 0.329 e. The average molecular weight is 560 g/mol. The number of ether oxygens (including phenoxy) is 1. The number of carbonyl (C=O) groups is 3. The predicted molar refractivity (Wildman–Crippen MR) is 146 cm³/mol. The number of nitrogens with zero attached hydrogens (tertiary/aromatic N) is 1. The van der Waals surface area contributed by atoms with E-state index < -0.39 is 22.8 Å². The molecule has 0 bridgehead atoms. The molecule has 1 aromatic carbocycles. The monoisotopic (exact) mass is 559 g/mol. The fraction of sp³-hybridized carbons (Fsp3) is 0.429. The van der Waals surface area contributed by atoms with E-state index in [0.717, 1.165) is 17.7 Å². The standard InChI is InChI=1S/C28H31Cl2N3O5/c1-3-5-19-23(27(24(19)34)10-12-38-13-11-27)33-28(4-2,26(36)37)14-17-6-8-18(9-7-17)32-25(35)22-20(29)15-31-16-21(22)30/h6-9,15-16,33H,3-5,10-14H2,1-2H3,(H,32,35)(H,36,37)/t28-/m0/s1. The molecule has 38 heavy (non-hydrogen) atoms. The van der Waals surface area contributed by atoms with E-state index in [1.54, 1.807) is 24.3 Å². The lowest BCUT2D eigenvalue weighted by atomic mass is 9.60. The maximum absolute atomic E-state index is 13.2. The third kappa shape index (κ3) is 5.17. The van der Waals surface area contributed by atoms with Gasteiger partial charge in [0.05, 0.1) is 21.0 Å². The van der Waals surface area contributed by atoms with Crippen molar-refractivity contribution >= 4 is 46.5 Å². The van der Waals surface area contributed by atoms with Gasteiger partial charge in [0.2, 0.25) is 0 Å². The molecule has 2 aromatic rings. The molecule has 0 unspecified atom stereocenters. The highest BCUT2D eigenvalue weighted by Gasteiger charge is 2.56. The second-order valence-electron chi connectivity index (χ2n) is 9.80. The molecule has 1 atom stereocenters. The van der Waals surface area contributed by atoms with Crippen LogP contribution in [0.15, 0.2) is 47.9 Å². The first-order valence-electron chi connectivity index (χ1n) is 12.7. The van der Waals surface area contributed by atoms with E-state index in [2.05, 4.69) is 15.6 Å². The third-order valence-electron chi connectivity index (χ3n) is 7.51. The lowest BCUT2D eigenvalue weighted by molar-refractivity contribution is -0.146. The highest BCUT2D eigenvalue weighted by Crippen LogP contribution is 2.51. The molecule has 0 saturated carbocycles. The van der Waals surface area contributed by atoms with Gasteiger partial charge in [-0.1, -0.05) is 55.6 Å². The van der Waals surface area contributed by atoms with Crippen molar-refractivity contribution in [3.63, 3.8) is 0 Å². The highest BCUT2D eigenvalue weighted by molar-refractivity contribution is 6.40. The number of nitrogens with one attached hydrogen (secondary N) is 2. The Morgan fingerprint density at radius 3 is 2.29 bits per heavy atom.